The van der Waals surface area contributed by atoms with Gasteiger partial charge in [0.2, 0.25) is 0 Å². The van der Waals surface area contributed by atoms with E-state index in [1.165, 1.54) is 0 Å². The van der Waals surface area contributed by atoms with Gasteiger partial charge in [-0.3, -0.25) is 4.90 Å². The van der Waals surface area contributed by atoms with Crippen LogP contribution in [0.2, 0.25) is 0 Å². The smallest absolute Gasteiger partial charge is 0.363 e. The Morgan fingerprint density at radius 2 is 2.08 bits per heavy atom. The predicted molar refractivity (Wildman–Crippen MR) is 71.5 cm³/mol. The van der Waals surface area contributed by atoms with Gasteiger partial charge in [0.05, 0.1) is 12.6 Å². The molecule has 9 nitrogen and oxygen atoms in total. The van der Waals surface area contributed by atoms with E-state index in [4.69, 9.17) is 9.26 Å². The van der Waals surface area contributed by atoms with Gasteiger partial charge < -0.3 is 9.26 Å². The minimum absolute atomic E-state index is 0.141. The lowest BCUT2D eigenvalue weighted by atomic mass is 10.2. The Balaban J connectivity index is 1.70. The molecule has 0 spiro atoms. The molecule has 3 heterocycles. The largest absolute Gasteiger partial charge is 0.408 e. The van der Waals surface area contributed by atoms with Crippen LogP contribution in [-0.4, -0.2) is 60.6 Å². The van der Waals surface area contributed by atoms with Crippen LogP contribution in [-0.2, 0) is 17.8 Å². The molecule has 0 aromatic carbocycles. The number of hydrogen-bond acceptors (Lipinski definition) is 8. The second kappa shape index (κ2) is 6.43. The lowest BCUT2D eigenvalue weighted by molar-refractivity contribution is -0.143. The summed E-state index contributed by atoms with van der Waals surface area (Å²) in [7, 11) is 0. The summed E-state index contributed by atoms with van der Waals surface area (Å²) in [6.07, 6.45) is -4.98. The fraction of sp³-hybridized carbons (Fsp3) is 0.750. The molecule has 132 valence electrons. The van der Waals surface area contributed by atoms with E-state index in [-0.39, 0.29) is 18.5 Å². The molecule has 1 fully saturated rings. The number of alkyl halides is 3. The molecule has 0 radical (unpaired) electrons. The van der Waals surface area contributed by atoms with E-state index < -0.39 is 18.8 Å². The Labute approximate surface area is 134 Å². The van der Waals surface area contributed by atoms with Crippen molar-refractivity contribution in [1.82, 2.24) is 35.2 Å². The van der Waals surface area contributed by atoms with Gasteiger partial charge >= 0.3 is 6.18 Å². The molecule has 0 aliphatic carbocycles. The number of tetrazole rings is 1. The lowest BCUT2D eigenvalue weighted by Gasteiger charge is -2.34. The van der Waals surface area contributed by atoms with Crippen molar-refractivity contribution < 1.29 is 22.4 Å². The first-order valence-corrected chi connectivity index (χ1v) is 7.30. The predicted octanol–water partition coefficient (Wildman–Crippen LogP) is 0.889. The standard InChI is InChI=1S/C12H16F3N7O2/c1-7-3-21(4-9(23-7)11-16-8(2)18-24-11)5-10-17-19-20-22(10)6-12(13,14)15/h7,9H,3-6H2,1-2H3/t7-,9-/m1/s1. The normalized spacial score (nSPS) is 22.9. The van der Waals surface area contributed by atoms with Crippen molar-refractivity contribution in [2.45, 2.75) is 45.3 Å². The molecule has 2 atom stereocenters. The maximum Gasteiger partial charge on any atom is 0.408 e. The number of halogens is 3. The van der Waals surface area contributed by atoms with Crippen molar-refractivity contribution in [2.75, 3.05) is 13.1 Å². The first-order chi connectivity index (χ1) is 11.3. The van der Waals surface area contributed by atoms with Gasteiger partial charge in [-0.25, -0.2) is 4.68 Å². The molecule has 12 heteroatoms. The summed E-state index contributed by atoms with van der Waals surface area (Å²) in [4.78, 5) is 6.04. The van der Waals surface area contributed by atoms with Crippen LogP contribution in [0.5, 0.6) is 0 Å². The summed E-state index contributed by atoms with van der Waals surface area (Å²) in [6, 6.07) is 0. The second-order valence-corrected chi connectivity index (χ2v) is 5.68. The molecule has 1 saturated heterocycles. The number of rotatable bonds is 4. The fourth-order valence-electron chi connectivity index (χ4n) is 2.58. The van der Waals surface area contributed by atoms with E-state index in [1.807, 2.05) is 11.8 Å². The third-order valence-corrected chi connectivity index (χ3v) is 3.45. The summed E-state index contributed by atoms with van der Waals surface area (Å²) < 4.78 is 49.3. The van der Waals surface area contributed by atoms with Gasteiger partial charge in [-0.05, 0) is 24.3 Å². The quantitative estimate of drug-likeness (QED) is 0.805. The highest BCUT2D eigenvalue weighted by Gasteiger charge is 2.33. The Hall–Kier alpha value is -2.08. The highest BCUT2D eigenvalue weighted by molar-refractivity contribution is 4.93. The number of hydrogen-bond donors (Lipinski definition) is 0. The van der Waals surface area contributed by atoms with Crippen LogP contribution < -0.4 is 0 Å². The number of aryl methyl sites for hydroxylation is 1. The van der Waals surface area contributed by atoms with Gasteiger partial charge in [-0.15, -0.1) is 5.10 Å². The second-order valence-electron chi connectivity index (χ2n) is 5.68. The summed E-state index contributed by atoms with van der Waals surface area (Å²) in [5.74, 6) is 0.980. The molecule has 2 aromatic heterocycles. The summed E-state index contributed by atoms with van der Waals surface area (Å²) in [6.45, 7) is 3.43. The van der Waals surface area contributed by atoms with E-state index in [1.54, 1.807) is 6.92 Å². The molecular formula is C12H16F3N7O2. The molecule has 0 N–H and O–H groups in total. The van der Waals surface area contributed by atoms with Crippen molar-refractivity contribution in [3.8, 4) is 0 Å². The highest BCUT2D eigenvalue weighted by atomic mass is 19.4. The van der Waals surface area contributed by atoms with Gasteiger partial charge in [0.1, 0.15) is 12.6 Å². The van der Waals surface area contributed by atoms with Crippen LogP contribution in [0.25, 0.3) is 0 Å². The van der Waals surface area contributed by atoms with Crippen molar-refractivity contribution in [1.29, 1.82) is 0 Å². The molecule has 3 rings (SSSR count). The zero-order chi connectivity index (χ0) is 17.3. The van der Waals surface area contributed by atoms with Gasteiger partial charge in [0.15, 0.2) is 11.6 Å². The number of ether oxygens (including phenoxy) is 1. The SMILES string of the molecule is Cc1noc([C@H]2CN(Cc3nnnn3CC(F)(F)F)C[C@@H](C)O2)n1. The van der Waals surface area contributed by atoms with E-state index in [2.05, 4.69) is 25.7 Å². The topological polar surface area (TPSA) is 95.0 Å². The maximum atomic E-state index is 12.5. The Kier molecular flexibility index (Phi) is 4.49. The van der Waals surface area contributed by atoms with Gasteiger partial charge in [0, 0.05) is 13.1 Å². The fourth-order valence-corrected chi connectivity index (χ4v) is 2.58. The van der Waals surface area contributed by atoms with Crippen LogP contribution in [0.4, 0.5) is 13.2 Å². The summed E-state index contributed by atoms with van der Waals surface area (Å²) in [5, 5.41) is 14.2. The first kappa shape index (κ1) is 16.8. The average Bonchev–Trinajstić information content (AvgIpc) is 3.06. The Bertz CT molecular complexity index is 686. The molecular weight excluding hydrogens is 331 g/mol. The van der Waals surface area contributed by atoms with Crippen LogP contribution in [0.1, 0.15) is 30.6 Å². The van der Waals surface area contributed by atoms with E-state index in [9.17, 15) is 13.2 Å². The van der Waals surface area contributed by atoms with E-state index >= 15 is 0 Å². The van der Waals surface area contributed by atoms with Gasteiger partial charge in [-0.1, -0.05) is 5.16 Å². The Morgan fingerprint density at radius 1 is 1.29 bits per heavy atom. The molecule has 0 amide bonds. The van der Waals surface area contributed by atoms with E-state index in [0.29, 0.717) is 24.8 Å². The highest BCUT2D eigenvalue weighted by Crippen LogP contribution is 2.25. The monoisotopic (exact) mass is 347 g/mol. The van der Waals surface area contributed by atoms with E-state index in [0.717, 1.165) is 4.68 Å². The molecule has 0 unspecified atom stereocenters. The molecule has 1 aliphatic rings. The van der Waals surface area contributed by atoms with Crippen LogP contribution in [0.15, 0.2) is 4.52 Å². The van der Waals surface area contributed by atoms with Crippen LogP contribution in [0.3, 0.4) is 0 Å². The summed E-state index contributed by atoms with van der Waals surface area (Å²) in [5.41, 5.74) is 0. The first-order valence-electron chi connectivity index (χ1n) is 7.30. The van der Waals surface area contributed by atoms with Crippen molar-refractivity contribution in [3.05, 3.63) is 17.5 Å². The van der Waals surface area contributed by atoms with Crippen molar-refractivity contribution in [3.63, 3.8) is 0 Å². The zero-order valence-corrected chi connectivity index (χ0v) is 13.1. The minimum atomic E-state index is -4.38. The molecule has 1 aliphatic heterocycles. The Morgan fingerprint density at radius 3 is 2.75 bits per heavy atom. The number of nitrogens with zero attached hydrogens (tertiary/aromatic N) is 7. The molecule has 0 saturated carbocycles. The van der Waals surface area contributed by atoms with Crippen molar-refractivity contribution in [2.24, 2.45) is 0 Å². The lowest BCUT2D eigenvalue weighted by Crippen LogP contribution is -2.43. The number of aromatic nitrogens is 6. The molecule has 0 bridgehead atoms. The third kappa shape index (κ3) is 4.06. The maximum absolute atomic E-state index is 12.5. The van der Waals surface area contributed by atoms with Crippen LogP contribution >= 0.6 is 0 Å². The van der Waals surface area contributed by atoms with Gasteiger partial charge in [-0.2, -0.15) is 18.2 Å². The van der Waals surface area contributed by atoms with Gasteiger partial charge in [0.25, 0.3) is 5.89 Å². The number of morpholine rings is 1. The summed E-state index contributed by atoms with van der Waals surface area (Å²) >= 11 is 0. The average molecular weight is 347 g/mol. The zero-order valence-electron chi connectivity index (χ0n) is 13.1. The van der Waals surface area contributed by atoms with Crippen molar-refractivity contribution >= 4 is 0 Å². The minimum Gasteiger partial charge on any atom is -0.363 e. The molecule has 24 heavy (non-hydrogen) atoms. The molecule has 2 aromatic rings. The third-order valence-electron chi connectivity index (χ3n) is 3.45. The van der Waals surface area contributed by atoms with Crippen LogP contribution in [0, 0.1) is 6.92 Å².